The third-order valence-electron chi connectivity index (χ3n) is 2.60. The minimum Gasteiger partial charge on any atom is -0.313 e. The van der Waals surface area contributed by atoms with Crippen molar-refractivity contribution in [2.45, 2.75) is 18.9 Å². The Morgan fingerprint density at radius 3 is 2.39 bits per heavy atom. The molecule has 1 aromatic carbocycles. The Labute approximate surface area is 104 Å². The van der Waals surface area contributed by atoms with Crippen molar-refractivity contribution in [3.8, 4) is 0 Å². The van der Waals surface area contributed by atoms with E-state index < -0.39 is 27.3 Å². The zero-order valence-electron chi connectivity index (χ0n) is 9.62. The molecule has 2 N–H and O–H groups in total. The fourth-order valence-electron chi connectivity index (χ4n) is 1.49. The number of para-hydroxylation sites is 1. The lowest BCUT2D eigenvalue weighted by Gasteiger charge is -2.10. The van der Waals surface area contributed by atoms with Gasteiger partial charge in [-0.2, -0.15) is 0 Å². The number of nitrogens with one attached hydrogen (secondary N) is 2. The van der Waals surface area contributed by atoms with Crippen LogP contribution in [-0.2, 0) is 10.0 Å². The first-order chi connectivity index (χ1) is 8.48. The van der Waals surface area contributed by atoms with Gasteiger partial charge in [0.25, 0.3) is 0 Å². The van der Waals surface area contributed by atoms with Gasteiger partial charge >= 0.3 is 0 Å². The average molecular weight is 276 g/mol. The Hall–Kier alpha value is -1.21. The van der Waals surface area contributed by atoms with E-state index in [1.54, 1.807) is 0 Å². The van der Waals surface area contributed by atoms with Crippen LogP contribution in [0.1, 0.15) is 12.8 Å². The Morgan fingerprint density at radius 2 is 1.83 bits per heavy atom. The van der Waals surface area contributed by atoms with Gasteiger partial charge in [0.15, 0.2) is 0 Å². The van der Waals surface area contributed by atoms with E-state index in [0.29, 0.717) is 6.04 Å². The maximum absolute atomic E-state index is 13.3. The lowest BCUT2D eigenvalue weighted by Crippen LogP contribution is -2.28. The minimum atomic E-state index is -3.74. The molecule has 1 saturated carbocycles. The Morgan fingerprint density at radius 1 is 1.22 bits per heavy atom. The van der Waals surface area contributed by atoms with E-state index in [1.165, 1.54) is 6.07 Å². The molecule has 1 fully saturated rings. The van der Waals surface area contributed by atoms with Gasteiger partial charge in [0.2, 0.25) is 10.0 Å². The normalized spacial score (nSPS) is 15.7. The highest BCUT2D eigenvalue weighted by Crippen LogP contribution is 2.20. The molecule has 0 unspecified atom stereocenters. The van der Waals surface area contributed by atoms with E-state index >= 15 is 0 Å². The van der Waals surface area contributed by atoms with Crippen molar-refractivity contribution in [1.82, 2.24) is 5.32 Å². The predicted octanol–water partition coefficient (Wildman–Crippen LogP) is 1.46. The molecule has 0 saturated heterocycles. The summed E-state index contributed by atoms with van der Waals surface area (Å²) in [5.74, 6) is -2.06. The SMILES string of the molecule is O=S(=O)(CCNC1CC1)Nc1c(F)cccc1F. The molecule has 1 aromatic rings. The molecule has 0 aromatic heterocycles. The molecule has 0 spiro atoms. The summed E-state index contributed by atoms with van der Waals surface area (Å²) in [4.78, 5) is 0. The van der Waals surface area contributed by atoms with Crippen molar-refractivity contribution in [2.75, 3.05) is 17.0 Å². The maximum Gasteiger partial charge on any atom is 0.234 e. The fourth-order valence-corrected chi connectivity index (χ4v) is 2.48. The zero-order valence-corrected chi connectivity index (χ0v) is 10.4. The predicted molar refractivity (Wildman–Crippen MR) is 64.8 cm³/mol. The molecule has 0 aliphatic heterocycles. The molecule has 1 aliphatic rings. The van der Waals surface area contributed by atoms with Crippen LogP contribution in [0.3, 0.4) is 0 Å². The highest BCUT2D eigenvalue weighted by molar-refractivity contribution is 7.92. The number of rotatable bonds is 6. The van der Waals surface area contributed by atoms with Crippen molar-refractivity contribution in [1.29, 1.82) is 0 Å². The van der Waals surface area contributed by atoms with Crippen molar-refractivity contribution < 1.29 is 17.2 Å². The number of benzene rings is 1. The van der Waals surface area contributed by atoms with Gasteiger partial charge in [-0.3, -0.25) is 4.72 Å². The number of halogens is 2. The lowest BCUT2D eigenvalue weighted by atomic mass is 10.3. The van der Waals surface area contributed by atoms with Gasteiger partial charge in [0.05, 0.1) is 5.75 Å². The maximum atomic E-state index is 13.3. The third kappa shape index (κ3) is 3.64. The van der Waals surface area contributed by atoms with Crippen LogP contribution < -0.4 is 10.0 Å². The van der Waals surface area contributed by atoms with Gasteiger partial charge < -0.3 is 5.32 Å². The van der Waals surface area contributed by atoms with Gasteiger partial charge in [-0.25, -0.2) is 17.2 Å². The van der Waals surface area contributed by atoms with Crippen LogP contribution in [0.25, 0.3) is 0 Å². The summed E-state index contributed by atoms with van der Waals surface area (Å²) in [5, 5.41) is 3.02. The minimum absolute atomic E-state index is 0.211. The monoisotopic (exact) mass is 276 g/mol. The third-order valence-corrected chi connectivity index (χ3v) is 3.86. The second-order valence-electron chi connectivity index (χ2n) is 4.25. The van der Waals surface area contributed by atoms with Crippen LogP contribution in [0, 0.1) is 11.6 Å². The van der Waals surface area contributed by atoms with Crippen LogP contribution in [0.15, 0.2) is 18.2 Å². The van der Waals surface area contributed by atoms with Gasteiger partial charge in [-0.15, -0.1) is 0 Å². The number of sulfonamides is 1. The second kappa shape index (κ2) is 5.19. The van der Waals surface area contributed by atoms with E-state index in [-0.39, 0.29) is 12.3 Å². The molecule has 100 valence electrons. The van der Waals surface area contributed by atoms with E-state index in [1.807, 2.05) is 4.72 Å². The summed E-state index contributed by atoms with van der Waals surface area (Å²) in [7, 11) is -3.74. The first-order valence-electron chi connectivity index (χ1n) is 5.66. The summed E-state index contributed by atoms with van der Waals surface area (Å²) < 4.78 is 51.7. The Balaban J connectivity index is 1.97. The zero-order chi connectivity index (χ0) is 13.2. The molecule has 0 radical (unpaired) electrons. The van der Waals surface area contributed by atoms with E-state index in [0.717, 1.165) is 25.0 Å². The number of anilines is 1. The Kier molecular flexibility index (Phi) is 3.82. The van der Waals surface area contributed by atoms with E-state index in [4.69, 9.17) is 0 Å². The molecule has 18 heavy (non-hydrogen) atoms. The standard InChI is InChI=1S/C11H14F2N2O2S/c12-9-2-1-3-10(13)11(9)15-18(16,17)7-6-14-8-4-5-8/h1-3,8,14-15H,4-7H2. The highest BCUT2D eigenvalue weighted by Gasteiger charge is 2.22. The molecule has 4 nitrogen and oxygen atoms in total. The van der Waals surface area contributed by atoms with Crippen LogP contribution in [-0.4, -0.2) is 26.8 Å². The first-order valence-corrected chi connectivity index (χ1v) is 7.31. The van der Waals surface area contributed by atoms with E-state index in [9.17, 15) is 17.2 Å². The number of hydrogen-bond donors (Lipinski definition) is 2. The summed E-state index contributed by atoms with van der Waals surface area (Å²) in [5.41, 5.74) is -0.621. The van der Waals surface area contributed by atoms with Crippen LogP contribution in [0.4, 0.5) is 14.5 Å². The van der Waals surface area contributed by atoms with Crippen molar-refractivity contribution in [3.63, 3.8) is 0 Å². The fraction of sp³-hybridized carbons (Fsp3) is 0.455. The summed E-state index contributed by atoms with van der Waals surface area (Å²) in [6, 6.07) is 3.58. The van der Waals surface area contributed by atoms with Crippen LogP contribution >= 0.6 is 0 Å². The van der Waals surface area contributed by atoms with Crippen molar-refractivity contribution in [3.05, 3.63) is 29.8 Å². The van der Waals surface area contributed by atoms with Gasteiger partial charge in [-0.05, 0) is 25.0 Å². The topological polar surface area (TPSA) is 58.2 Å². The van der Waals surface area contributed by atoms with Crippen LogP contribution in [0.2, 0.25) is 0 Å². The molecular formula is C11H14F2N2O2S. The second-order valence-corrected chi connectivity index (χ2v) is 6.09. The largest absolute Gasteiger partial charge is 0.313 e. The van der Waals surface area contributed by atoms with Gasteiger partial charge in [-0.1, -0.05) is 6.07 Å². The average Bonchev–Trinajstić information content (AvgIpc) is 3.07. The highest BCUT2D eigenvalue weighted by atomic mass is 32.2. The molecule has 0 amide bonds. The van der Waals surface area contributed by atoms with Crippen molar-refractivity contribution >= 4 is 15.7 Å². The summed E-state index contributed by atoms with van der Waals surface area (Å²) in [6.45, 7) is 0.274. The molecule has 0 heterocycles. The van der Waals surface area contributed by atoms with Gasteiger partial charge in [0, 0.05) is 12.6 Å². The van der Waals surface area contributed by atoms with Crippen molar-refractivity contribution in [2.24, 2.45) is 0 Å². The van der Waals surface area contributed by atoms with Crippen LogP contribution in [0.5, 0.6) is 0 Å². The van der Waals surface area contributed by atoms with E-state index in [2.05, 4.69) is 5.32 Å². The van der Waals surface area contributed by atoms with Gasteiger partial charge in [0.1, 0.15) is 17.3 Å². The molecule has 2 rings (SSSR count). The molecule has 0 atom stereocenters. The quantitative estimate of drug-likeness (QED) is 0.827. The smallest absolute Gasteiger partial charge is 0.234 e. The Bertz CT molecular complexity index is 510. The molecule has 0 bridgehead atoms. The lowest BCUT2D eigenvalue weighted by molar-refractivity contribution is 0.581. The molecule has 7 heteroatoms. The molecule has 1 aliphatic carbocycles. The molecular weight excluding hydrogens is 262 g/mol. The summed E-state index contributed by atoms with van der Waals surface area (Å²) in [6.07, 6.45) is 2.10. The summed E-state index contributed by atoms with van der Waals surface area (Å²) >= 11 is 0. The first kappa shape index (κ1) is 13.2. The number of hydrogen-bond acceptors (Lipinski definition) is 3.